The van der Waals surface area contributed by atoms with Crippen LogP contribution >= 0.6 is 0 Å². The highest BCUT2D eigenvalue weighted by Crippen LogP contribution is 2.38. The monoisotopic (exact) mass is 301 g/mol. The summed E-state index contributed by atoms with van der Waals surface area (Å²) in [4.78, 5) is 12.0. The SMILES string of the molecule is NC(N)=NC(N)=Nc1cc2c(cc1-n1ccnc1)OCCO2. The van der Waals surface area contributed by atoms with Gasteiger partial charge < -0.3 is 31.2 Å². The second kappa shape index (κ2) is 5.64. The molecule has 1 aliphatic rings. The Labute approximate surface area is 126 Å². The van der Waals surface area contributed by atoms with E-state index >= 15 is 0 Å². The third kappa shape index (κ3) is 2.77. The van der Waals surface area contributed by atoms with Gasteiger partial charge in [0.1, 0.15) is 13.2 Å². The van der Waals surface area contributed by atoms with Crippen molar-refractivity contribution in [1.82, 2.24) is 9.55 Å². The van der Waals surface area contributed by atoms with Crippen LogP contribution in [0.25, 0.3) is 5.69 Å². The van der Waals surface area contributed by atoms with Gasteiger partial charge in [0.05, 0.1) is 17.7 Å². The summed E-state index contributed by atoms with van der Waals surface area (Å²) in [5.41, 5.74) is 17.6. The predicted octanol–water partition coefficient (Wildman–Crippen LogP) is -0.137. The normalized spacial score (nSPS) is 13.7. The summed E-state index contributed by atoms with van der Waals surface area (Å²) < 4.78 is 12.9. The fourth-order valence-corrected chi connectivity index (χ4v) is 2.05. The second-order valence-corrected chi connectivity index (χ2v) is 4.46. The molecule has 1 aromatic carbocycles. The number of aliphatic imine (C=N–C) groups is 2. The summed E-state index contributed by atoms with van der Waals surface area (Å²) in [5, 5.41) is 0. The van der Waals surface area contributed by atoms with E-state index in [1.807, 2.05) is 0 Å². The topological polar surface area (TPSA) is 139 Å². The fraction of sp³-hybridized carbons (Fsp3) is 0.154. The van der Waals surface area contributed by atoms with Crippen LogP contribution in [0.15, 0.2) is 40.8 Å². The average molecular weight is 301 g/mol. The lowest BCUT2D eigenvalue weighted by Gasteiger charge is -2.20. The van der Waals surface area contributed by atoms with Crippen LogP contribution in [0.3, 0.4) is 0 Å². The number of guanidine groups is 2. The van der Waals surface area contributed by atoms with Gasteiger partial charge in [0, 0.05) is 24.5 Å². The van der Waals surface area contributed by atoms with Crippen molar-refractivity contribution in [2.45, 2.75) is 0 Å². The van der Waals surface area contributed by atoms with Gasteiger partial charge in [0.2, 0.25) is 5.96 Å². The third-order valence-electron chi connectivity index (χ3n) is 2.90. The Morgan fingerprint density at radius 2 is 1.86 bits per heavy atom. The molecule has 0 unspecified atom stereocenters. The van der Waals surface area contributed by atoms with Gasteiger partial charge >= 0.3 is 0 Å². The van der Waals surface area contributed by atoms with E-state index in [0.29, 0.717) is 30.4 Å². The van der Waals surface area contributed by atoms with Crippen molar-refractivity contribution in [1.29, 1.82) is 0 Å². The Morgan fingerprint density at radius 3 is 2.50 bits per heavy atom. The summed E-state index contributed by atoms with van der Waals surface area (Å²) in [6.45, 7) is 0.971. The molecule has 22 heavy (non-hydrogen) atoms. The van der Waals surface area contributed by atoms with E-state index in [1.54, 1.807) is 35.4 Å². The van der Waals surface area contributed by atoms with Crippen LogP contribution < -0.4 is 26.7 Å². The first-order valence-electron chi connectivity index (χ1n) is 6.49. The summed E-state index contributed by atoms with van der Waals surface area (Å²) in [7, 11) is 0. The molecule has 2 heterocycles. The number of aromatic nitrogens is 2. The van der Waals surface area contributed by atoms with Crippen LogP contribution in [0.4, 0.5) is 5.69 Å². The highest BCUT2D eigenvalue weighted by Gasteiger charge is 2.17. The summed E-state index contributed by atoms with van der Waals surface area (Å²) in [5.74, 6) is 1.00. The minimum absolute atomic E-state index is 0.0574. The molecule has 114 valence electrons. The standard InChI is InChI=1S/C13H15N7O2/c14-12(15)19-13(16)18-8-5-10-11(22-4-3-21-10)6-9(8)20-2-1-17-7-20/h1-2,5-7H,3-4H2,(H6,14,15,16,18,19). The average Bonchev–Trinajstić information content (AvgIpc) is 2.99. The van der Waals surface area contributed by atoms with Crippen molar-refractivity contribution < 1.29 is 9.47 Å². The molecular weight excluding hydrogens is 286 g/mol. The Hall–Kier alpha value is -3.23. The van der Waals surface area contributed by atoms with Gasteiger partial charge in [-0.2, -0.15) is 4.99 Å². The maximum Gasteiger partial charge on any atom is 0.223 e. The minimum Gasteiger partial charge on any atom is -0.486 e. The molecule has 1 aromatic heterocycles. The molecule has 2 aromatic rings. The predicted molar refractivity (Wildman–Crippen MR) is 81.6 cm³/mol. The van der Waals surface area contributed by atoms with E-state index < -0.39 is 0 Å². The van der Waals surface area contributed by atoms with Gasteiger partial charge in [0.15, 0.2) is 17.5 Å². The molecule has 1 aliphatic heterocycles. The highest BCUT2D eigenvalue weighted by molar-refractivity contribution is 5.94. The Morgan fingerprint density at radius 1 is 1.14 bits per heavy atom. The zero-order valence-corrected chi connectivity index (χ0v) is 11.6. The second-order valence-electron chi connectivity index (χ2n) is 4.46. The zero-order valence-electron chi connectivity index (χ0n) is 11.6. The maximum absolute atomic E-state index is 5.71. The van der Waals surface area contributed by atoms with Gasteiger partial charge in [-0.3, -0.25) is 0 Å². The van der Waals surface area contributed by atoms with Gasteiger partial charge in [-0.05, 0) is 0 Å². The van der Waals surface area contributed by atoms with E-state index in [4.69, 9.17) is 26.7 Å². The minimum atomic E-state index is -0.164. The Balaban J connectivity index is 2.12. The van der Waals surface area contributed by atoms with Crippen LogP contribution in [-0.2, 0) is 0 Å². The molecule has 0 spiro atoms. The number of fused-ring (bicyclic) bond motifs is 1. The van der Waals surface area contributed by atoms with Crippen molar-refractivity contribution in [2.24, 2.45) is 27.2 Å². The molecule has 0 radical (unpaired) electrons. The van der Waals surface area contributed by atoms with Gasteiger partial charge in [-0.25, -0.2) is 9.98 Å². The first kappa shape index (κ1) is 13.7. The summed E-state index contributed by atoms with van der Waals surface area (Å²) >= 11 is 0. The molecule has 9 nitrogen and oxygen atoms in total. The molecule has 0 saturated heterocycles. The molecule has 3 rings (SSSR count). The van der Waals surface area contributed by atoms with Crippen molar-refractivity contribution in [2.75, 3.05) is 13.2 Å². The molecule has 6 N–H and O–H groups in total. The van der Waals surface area contributed by atoms with Crippen molar-refractivity contribution in [3.63, 3.8) is 0 Å². The van der Waals surface area contributed by atoms with E-state index in [2.05, 4.69) is 15.0 Å². The quantitative estimate of drug-likeness (QED) is 0.521. The lowest BCUT2D eigenvalue weighted by molar-refractivity contribution is 0.171. The van der Waals surface area contributed by atoms with Gasteiger partial charge in [-0.1, -0.05) is 0 Å². The first-order valence-corrected chi connectivity index (χ1v) is 6.49. The van der Waals surface area contributed by atoms with Gasteiger partial charge in [0.25, 0.3) is 0 Å². The summed E-state index contributed by atoms with van der Waals surface area (Å²) in [6, 6.07) is 3.52. The van der Waals surface area contributed by atoms with Crippen LogP contribution in [0.2, 0.25) is 0 Å². The number of nitrogens with two attached hydrogens (primary N) is 3. The van der Waals surface area contributed by atoms with E-state index in [1.165, 1.54) is 0 Å². The molecular formula is C13H15N7O2. The summed E-state index contributed by atoms with van der Waals surface area (Å²) in [6.07, 6.45) is 5.08. The van der Waals surface area contributed by atoms with Crippen molar-refractivity contribution in [3.05, 3.63) is 30.9 Å². The molecule has 0 bridgehead atoms. The van der Waals surface area contributed by atoms with Crippen LogP contribution in [-0.4, -0.2) is 34.7 Å². The van der Waals surface area contributed by atoms with E-state index in [0.717, 1.165) is 5.69 Å². The largest absolute Gasteiger partial charge is 0.486 e. The van der Waals surface area contributed by atoms with Crippen LogP contribution in [0.5, 0.6) is 11.5 Å². The van der Waals surface area contributed by atoms with Gasteiger partial charge in [-0.15, -0.1) is 0 Å². The number of hydrogen-bond acceptors (Lipinski definition) is 4. The molecule has 0 atom stereocenters. The zero-order chi connectivity index (χ0) is 15.5. The smallest absolute Gasteiger partial charge is 0.223 e. The molecule has 0 amide bonds. The maximum atomic E-state index is 5.71. The Kier molecular flexibility index (Phi) is 3.52. The van der Waals surface area contributed by atoms with E-state index in [-0.39, 0.29) is 11.9 Å². The van der Waals surface area contributed by atoms with Crippen LogP contribution in [0, 0.1) is 0 Å². The molecule has 0 aliphatic carbocycles. The number of nitrogens with zero attached hydrogens (tertiary/aromatic N) is 4. The number of imidazole rings is 1. The van der Waals surface area contributed by atoms with E-state index in [9.17, 15) is 0 Å². The number of ether oxygens (including phenoxy) is 2. The molecule has 0 saturated carbocycles. The number of rotatable bonds is 2. The third-order valence-corrected chi connectivity index (χ3v) is 2.90. The molecule has 0 fully saturated rings. The Bertz CT molecular complexity index is 733. The van der Waals surface area contributed by atoms with Crippen molar-refractivity contribution in [3.8, 4) is 17.2 Å². The van der Waals surface area contributed by atoms with Crippen LogP contribution in [0.1, 0.15) is 0 Å². The first-order chi connectivity index (χ1) is 10.6. The lowest BCUT2D eigenvalue weighted by atomic mass is 10.2. The fourth-order valence-electron chi connectivity index (χ4n) is 2.05. The lowest BCUT2D eigenvalue weighted by Crippen LogP contribution is -2.26. The number of hydrogen-bond donors (Lipinski definition) is 3. The highest BCUT2D eigenvalue weighted by atomic mass is 16.6. The molecule has 9 heteroatoms. The van der Waals surface area contributed by atoms with Crippen molar-refractivity contribution >= 4 is 17.6 Å². The number of benzene rings is 1.